The van der Waals surface area contributed by atoms with Crippen LogP contribution < -0.4 is 5.32 Å². The van der Waals surface area contributed by atoms with E-state index < -0.39 is 0 Å². The second-order valence-corrected chi connectivity index (χ2v) is 4.77. The molecule has 6 nitrogen and oxygen atoms in total. The average Bonchev–Trinajstić information content (AvgIpc) is 2.94. The number of amides is 1. The minimum atomic E-state index is -0.353. The van der Waals surface area contributed by atoms with Gasteiger partial charge in [0.15, 0.2) is 0 Å². The van der Waals surface area contributed by atoms with Crippen LogP contribution in [-0.4, -0.2) is 36.4 Å². The van der Waals surface area contributed by atoms with Crippen molar-refractivity contribution in [2.45, 2.75) is 19.8 Å². The van der Waals surface area contributed by atoms with E-state index in [1.165, 1.54) is 5.56 Å². The fourth-order valence-corrected chi connectivity index (χ4v) is 1.79. The normalized spacial score (nSPS) is 10.6. The maximum atomic E-state index is 11.8. The maximum absolute atomic E-state index is 11.8. The van der Waals surface area contributed by atoms with Crippen LogP contribution in [0.5, 0.6) is 0 Å². The molecule has 112 valence electrons. The molecule has 2 aromatic rings. The van der Waals surface area contributed by atoms with Crippen molar-refractivity contribution in [3.8, 4) is 0 Å². The fourth-order valence-electron chi connectivity index (χ4n) is 1.79. The molecule has 1 aromatic carbocycles. The van der Waals surface area contributed by atoms with Crippen LogP contribution in [0.3, 0.4) is 0 Å². The summed E-state index contributed by atoms with van der Waals surface area (Å²) >= 11 is 0. The second-order valence-electron chi connectivity index (χ2n) is 4.77. The monoisotopic (exact) mass is 289 g/mol. The third-order valence-electron chi connectivity index (χ3n) is 2.95. The highest BCUT2D eigenvalue weighted by molar-refractivity contribution is 5.89. The van der Waals surface area contributed by atoms with Crippen LogP contribution in [0.25, 0.3) is 0 Å². The predicted molar refractivity (Wildman–Crippen MR) is 77.1 cm³/mol. The molecule has 0 bridgehead atoms. The van der Waals surface area contributed by atoms with Crippen LogP contribution in [0.4, 0.5) is 0 Å². The van der Waals surface area contributed by atoms with Crippen LogP contribution in [0.1, 0.15) is 34.1 Å². The molecule has 1 N–H and O–H groups in total. The molecule has 6 heteroatoms. The SMILES string of the molecule is COCCCNC(=O)c1nnc(Cc2ccc(C)cc2)o1. The summed E-state index contributed by atoms with van der Waals surface area (Å²) in [4.78, 5) is 11.8. The van der Waals surface area contributed by atoms with E-state index in [9.17, 15) is 4.79 Å². The van der Waals surface area contributed by atoms with Gasteiger partial charge in [-0.15, -0.1) is 10.2 Å². The number of benzene rings is 1. The maximum Gasteiger partial charge on any atom is 0.308 e. The van der Waals surface area contributed by atoms with Crippen LogP contribution in [0, 0.1) is 6.92 Å². The van der Waals surface area contributed by atoms with Gasteiger partial charge in [-0.1, -0.05) is 29.8 Å². The minimum Gasteiger partial charge on any atom is -0.417 e. The highest BCUT2D eigenvalue weighted by atomic mass is 16.5. The number of methoxy groups -OCH3 is 1. The smallest absolute Gasteiger partial charge is 0.308 e. The minimum absolute atomic E-state index is 0.00507. The molecule has 0 fully saturated rings. The first-order valence-corrected chi connectivity index (χ1v) is 6.84. The Bertz CT molecular complexity index is 578. The number of ether oxygens (including phenoxy) is 1. The highest BCUT2D eigenvalue weighted by Gasteiger charge is 2.14. The van der Waals surface area contributed by atoms with Gasteiger partial charge in [0.25, 0.3) is 0 Å². The summed E-state index contributed by atoms with van der Waals surface area (Å²) in [6, 6.07) is 8.05. The van der Waals surface area contributed by atoms with Crippen molar-refractivity contribution in [3.63, 3.8) is 0 Å². The van der Waals surface area contributed by atoms with Crippen molar-refractivity contribution in [1.29, 1.82) is 0 Å². The molecule has 1 aromatic heterocycles. The Morgan fingerprint density at radius 1 is 1.29 bits per heavy atom. The number of nitrogens with one attached hydrogen (secondary N) is 1. The predicted octanol–water partition coefficient (Wildman–Crippen LogP) is 1.74. The first-order chi connectivity index (χ1) is 10.2. The van der Waals surface area contributed by atoms with Crippen molar-refractivity contribution in [1.82, 2.24) is 15.5 Å². The van der Waals surface area contributed by atoms with Crippen molar-refractivity contribution >= 4 is 5.91 Å². The second kappa shape index (κ2) is 7.54. The molecule has 1 amide bonds. The van der Waals surface area contributed by atoms with Gasteiger partial charge in [-0.2, -0.15) is 0 Å². The quantitative estimate of drug-likeness (QED) is 0.786. The topological polar surface area (TPSA) is 77.2 Å². The van der Waals surface area contributed by atoms with E-state index in [0.29, 0.717) is 25.5 Å². The van der Waals surface area contributed by atoms with Gasteiger partial charge in [0.2, 0.25) is 5.89 Å². The lowest BCUT2D eigenvalue weighted by molar-refractivity contribution is 0.0912. The van der Waals surface area contributed by atoms with Crippen LogP contribution in [0.2, 0.25) is 0 Å². The molecule has 0 spiro atoms. The lowest BCUT2D eigenvalue weighted by Gasteiger charge is -2.01. The number of rotatable bonds is 7. The summed E-state index contributed by atoms with van der Waals surface area (Å²) in [6.45, 7) is 3.15. The Hall–Kier alpha value is -2.21. The summed E-state index contributed by atoms with van der Waals surface area (Å²) in [6.07, 6.45) is 1.26. The zero-order valence-electron chi connectivity index (χ0n) is 12.3. The van der Waals surface area contributed by atoms with Gasteiger partial charge >= 0.3 is 11.8 Å². The van der Waals surface area contributed by atoms with Gasteiger partial charge < -0.3 is 14.5 Å². The van der Waals surface area contributed by atoms with Gasteiger partial charge in [-0.25, -0.2) is 0 Å². The number of aryl methyl sites for hydroxylation is 1. The van der Waals surface area contributed by atoms with Crippen molar-refractivity contribution in [2.75, 3.05) is 20.3 Å². The van der Waals surface area contributed by atoms with Crippen LogP contribution in [0.15, 0.2) is 28.7 Å². The Labute approximate surface area is 123 Å². The van der Waals surface area contributed by atoms with Crippen molar-refractivity contribution < 1.29 is 13.9 Å². The Balaban J connectivity index is 1.88. The zero-order valence-corrected chi connectivity index (χ0v) is 12.3. The molecular weight excluding hydrogens is 270 g/mol. The third-order valence-corrected chi connectivity index (χ3v) is 2.95. The third kappa shape index (κ3) is 4.68. The molecule has 0 aliphatic carbocycles. The highest BCUT2D eigenvalue weighted by Crippen LogP contribution is 2.09. The molecule has 0 radical (unpaired) electrons. The number of carbonyl (C=O) groups is 1. The summed E-state index contributed by atoms with van der Waals surface area (Å²) in [7, 11) is 1.62. The van der Waals surface area contributed by atoms with Crippen molar-refractivity contribution in [2.24, 2.45) is 0 Å². The van der Waals surface area contributed by atoms with E-state index in [1.807, 2.05) is 31.2 Å². The molecule has 0 aliphatic rings. The van der Waals surface area contributed by atoms with E-state index in [0.717, 1.165) is 12.0 Å². The number of nitrogens with zero attached hydrogens (tertiary/aromatic N) is 2. The number of hydrogen-bond acceptors (Lipinski definition) is 5. The zero-order chi connectivity index (χ0) is 15.1. The molecule has 0 unspecified atom stereocenters. The lowest BCUT2D eigenvalue weighted by atomic mass is 10.1. The molecular formula is C15H19N3O3. The molecule has 1 heterocycles. The van der Waals surface area contributed by atoms with E-state index in [4.69, 9.17) is 9.15 Å². The Morgan fingerprint density at radius 3 is 2.76 bits per heavy atom. The molecule has 0 saturated carbocycles. The number of aromatic nitrogens is 2. The summed E-state index contributed by atoms with van der Waals surface area (Å²) in [5.41, 5.74) is 2.26. The van der Waals surface area contributed by atoms with E-state index in [-0.39, 0.29) is 11.8 Å². The van der Waals surface area contributed by atoms with E-state index in [2.05, 4.69) is 15.5 Å². The number of carbonyl (C=O) groups excluding carboxylic acids is 1. The van der Waals surface area contributed by atoms with Gasteiger partial charge in [-0.05, 0) is 18.9 Å². The summed E-state index contributed by atoms with van der Waals surface area (Å²) in [5, 5.41) is 10.4. The van der Waals surface area contributed by atoms with Crippen LogP contribution >= 0.6 is 0 Å². The van der Waals surface area contributed by atoms with Gasteiger partial charge in [-0.3, -0.25) is 4.79 Å². The fraction of sp³-hybridized carbons (Fsp3) is 0.400. The lowest BCUT2D eigenvalue weighted by Crippen LogP contribution is -2.25. The Kier molecular flexibility index (Phi) is 5.45. The van der Waals surface area contributed by atoms with Gasteiger partial charge in [0.05, 0.1) is 6.42 Å². The largest absolute Gasteiger partial charge is 0.417 e. The Morgan fingerprint density at radius 2 is 2.05 bits per heavy atom. The van der Waals surface area contributed by atoms with Gasteiger partial charge in [0, 0.05) is 20.3 Å². The first kappa shape index (κ1) is 15.2. The number of hydrogen-bond donors (Lipinski definition) is 1. The summed E-state index contributed by atoms with van der Waals surface area (Å²) < 4.78 is 10.3. The van der Waals surface area contributed by atoms with E-state index >= 15 is 0 Å². The van der Waals surface area contributed by atoms with E-state index in [1.54, 1.807) is 7.11 Å². The van der Waals surface area contributed by atoms with Crippen molar-refractivity contribution in [3.05, 3.63) is 47.2 Å². The van der Waals surface area contributed by atoms with Crippen LogP contribution in [-0.2, 0) is 11.2 Å². The van der Waals surface area contributed by atoms with Gasteiger partial charge in [0.1, 0.15) is 0 Å². The molecule has 2 rings (SSSR count). The molecule has 0 saturated heterocycles. The first-order valence-electron chi connectivity index (χ1n) is 6.84. The molecule has 0 aliphatic heterocycles. The molecule has 21 heavy (non-hydrogen) atoms. The average molecular weight is 289 g/mol. The summed E-state index contributed by atoms with van der Waals surface area (Å²) in [5.74, 6) is 0.0733. The standard InChI is InChI=1S/C15H19N3O3/c1-11-4-6-12(7-5-11)10-13-17-18-15(21-13)14(19)16-8-3-9-20-2/h4-7H,3,8-10H2,1-2H3,(H,16,19). The molecule has 0 atom stereocenters.